The number of para-hydroxylation sites is 1. The number of carbonyl (C=O) groups excluding carboxylic acids is 1. The normalized spacial score (nSPS) is 11.0. The molecule has 0 fully saturated rings. The summed E-state index contributed by atoms with van der Waals surface area (Å²) in [5.41, 5.74) is 1.66. The zero-order chi connectivity index (χ0) is 15.5. The fourth-order valence-corrected chi connectivity index (χ4v) is 2.39. The number of hydrogen-bond acceptors (Lipinski definition) is 5. The van der Waals surface area contributed by atoms with Crippen LogP contribution in [0.25, 0.3) is 22.5 Å². The van der Waals surface area contributed by atoms with E-state index in [-0.39, 0.29) is 12.5 Å². The number of carbonyl (C=O) groups is 1. The van der Waals surface area contributed by atoms with Crippen LogP contribution < -0.4 is 0 Å². The average Bonchev–Trinajstić information content (AvgIpc) is 3.12. The van der Waals surface area contributed by atoms with Gasteiger partial charge in [-0.3, -0.25) is 4.79 Å². The lowest BCUT2D eigenvalue weighted by Crippen LogP contribution is -2.14. The molecular formula is C16H17N3O3. The first-order chi connectivity index (χ1) is 10.7. The lowest BCUT2D eigenvalue weighted by molar-refractivity contribution is -0.143. The lowest BCUT2D eigenvalue weighted by Gasteiger charge is -2.08. The molecule has 6 heteroatoms. The Balaban J connectivity index is 2.09. The van der Waals surface area contributed by atoms with Crippen molar-refractivity contribution in [2.24, 2.45) is 0 Å². The van der Waals surface area contributed by atoms with Crippen molar-refractivity contribution in [1.82, 2.24) is 14.8 Å². The summed E-state index contributed by atoms with van der Waals surface area (Å²) in [6, 6.07) is 9.76. The van der Waals surface area contributed by atoms with Gasteiger partial charge in [0.2, 0.25) is 5.89 Å². The van der Waals surface area contributed by atoms with Crippen LogP contribution in [0.4, 0.5) is 0 Å². The number of fused-ring (bicyclic) bond motifs is 1. The quantitative estimate of drug-likeness (QED) is 0.677. The fourth-order valence-electron chi connectivity index (χ4n) is 2.39. The van der Waals surface area contributed by atoms with E-state index in [1.54, 1.807) is 6.92 Å². The Morgan fingerprint density at radius 1 is 1.27 bits per heavy atom. The number of aryl methyl sites for hydroxylation is 1. The molecule has 1 aromatic carbocycles. The number of hydrogen-bond donors (Lipinski definition) is 0. The largest absolute Gasteiger partial charge is 0.465 e. The van der Waals surface area contributed by atoms with Gasteiger partial charge in [-0.05, 0) is 19.1 Å². The van der Waals surface area contributed by atoms with Crippen LogP contribution in [0.2, 0.25) is 0 Å². The molecule has 0 aliphatic carbocycles. The highest BCUT2D eigenvalue weighted by Gasteiger charge is 2.18. The summed E-state index contributed by atoms with van der Waals surface area (Å²) in [4.78, 5) is 11.9. The van der Waals surface area contributed by atoms with Gasteiger partial charge in [-0.25, -0.2) is 0 Å². The van der Waals surface area contributed by atoms with Crippen molar-refractivity contribution in [2.45, 2.75) is 26.8 Å². The van der Waals surface area contributed by atoms with Gasteiger partial charge in [-0.15, -0.1) is 10.2 Å². The molecule has 0 bridgehead atoms. The van der Waals surface area contributed by atoms with Gasteiger partial charge in [0.05, 0.1) is 6.61 Å². The Morgan fingerprint density at radius 2 is 2.09 bits per heavy atom. The maximum absolute atomic E-state index is 11.9. The number of esters is 1. The molecule has 0 radical (unpaired) electrons. The Labute approximate surface area is 127 Å². The minimum absolute atomic E-state index is 0.112. The molecule has 0 N–H and O–H groups in total. The van der Waals surface area contributed by atoms with Crippen LogP contribution in [-0.4, -0.2) is 27.3 Å². The second-order valence-electron chi connectivity index (χ2n) is 4.83. The minimum atomic E-state index is -0.291. The highest BCUT2D eigenvalue weighted by atomic mass is 16.5. The summed E-state index contributed by atoms with van der Waals surface area (Å²) in [7, 11) is 0. The highest BCUT2D eigenvalue weighted by Crippen LogP contribution is 2.27. The maximum atomic E-state index is 11.9. The minimum Gasteiger partial charge on any atom is -0.465 e. The first-order valence-electron chi connectivity index (χ1n) is 7.29. The second-order valence-corrected chi connectivity index (χ2v) is 4.83. The van der Waals surface area contributed by atoms with Crippen molar-refractivity contribution in [3.63, 3.8) is 0 Å². The summed E-state index contributed by atoms with van der Waals surface area (Å²) >= 11 is 0. The van der Waals surface area contributed by atoms with Gasteiger partial charge in [-0.2, -0.15) is 0 Å². The van der Waals surface area contributed by atoms with E-state index >= 15 is 0 Å². The molecule has 0 amide bonds. The molecule has 0 spiro atoms. The molecule has 2 aromatic heterocycles. The van der Waals surface area contributed by atoms with Crippen molar-refractivity contribution in [1.29, 1.82) is 0 Å². The number of aromatic nitrogens is 3. The zero-order valence-electron chi connectivity index (χ0n) is 12.6. The third-order valence-corrected chi connectivity index (χ3v) is 3.39. The van der Waals surface area contributed by atoms with E-state index in [1.165, 1.54) is 0 Å². The third kappa shape index (κ3) is 2.59. The highest BCUT2D eigenvalue weighted by molar-refractivity contribution is 5.87. The van der Waals surface area contributed by atoms with Crippen LogP contribution in [0.1, 0.15) is 19.7 Å². The Morgan fingerprint density at radius 3 is 2.82 bits per heavy atom. The van der Waals surface area contributed by atoms with Gasteiger partial charge < -0.3 is 13.7 Å². The van der Waals surface area contributed by atoms with Crippen LogP contribution in [0.15, 0.2) is 34.7 Å². The van der Waals surface area contributed by atoms with Gasteiger partial charge in [-0.1, -0.05) is 25.1 Å². The van der Waals surface area contributed by atoms with Gasteiger partial charge in [0, 0.05) is 17.3 Å². The summed E-state index contributed by atoms with van der Waals surface area (Å²) in [5, 5.41) is 9.08. The molecule has 114 valence electrons. The molecule has 3 rings (SSSR count). The predicted octanol–water partition coefficient (Wildman–Crippen LogP) is 2.82. The van der Waals surface area contributed by atoms with E-state index in [0.29, 0.717) is 24.8 Å². The maximum Gasteiger partial charge on any atom is 0.325 e. The molecule has 22 heavy (non-hydrogen) atoms. The summed E-state index contributed by atoms with van der Waals surface area (Å²) in [5.74, 6) is 0.695. The molecule has 0 atom stereocenters. The molecule has 3 aromatic rings. The first-order valence-corrected chi connectivity index (χ1v) is 7.29. The Bertz CT molecular complexity index is 804. The van der Waals surface area contributed by atoms with E-state index in [0.717, 1.165) is 16.6 Å². The molecule has 2 heterocycles. The van der Waals surface area contributed by atoms with E-state index < -0.39 is 0 Å². The van der Waals surface area contributed by atoms with Crippen LogP contribution >= 0.6 is 0 Å². The Kier molecular flexibility index (Phi) is 3.91. The molecule has 0 unspecified atom stereocenters. The predicted molar refractivity (Wildman–Crippen MR) is 81.2 cm³/mol. The van der Waals surface area contributed by atoms with Gasteiger partial charge in [0.15, 0.2) is 0 Å². The SMILES string of the molecule is CCOC(=O)Cn1c(-c2nnc(CC)o2)cc2ccccc21. The third-order valence-electron chi connectivity index (χ3n) is 3.39. The van der Waals surface area contributed by atoms with Gasteiger partial charge >= 0.3 is 5.97 Å². The molecule has 0 aliphatic heterocycles. The van der Waals surface area contributed by atoms with E-state index in [9.17, 15) is 4.79 Å². The van der Waals surface area contributed by atoms with Gasteiger partial charge in [0.1, 0.15) is 12.2 Å². The van der Waals surface area contributed by atoms with Crippen LogP contribution in [0.5, 0.6) is 0 Å². The van der Waals surface area contributed by atoms with Crippen LogP contribution in [0.3, 0.4) is 0 Å². The van der Waals surface area contributed by atoms with Crippen molar-refractivity contribution in [3.05, 3.63) is 36.2 Å². The Hall–Kier alpha value is -2.63. The average molecular weight is 299 g/mol. The van der Waals surface area contributed by atoms with Crippen LogP contribution in [-0.2, 0) is 22.5 Å². The van der Waals surface area contributed by atoms with E-state index in [2.05, 4.69) is 10.2 Å². The number of benzene rings is 1. The summed E-state index contributed by atoms with van der Waals surface area (Å²) < 4.78 is 12.5. The number of nitrogens with zero attached hydrogens (tertiary/aromatic N) is 3. The summed E-state index contributed by atoms with van der Waals surface area (Å²) in [6.45, 7) is 4.21. The van der Waals surface area contributed by atoms with E-state index in [1.807, 2.05) is 41.8 Å². The first kappa shape index (κ1) is 14.3. The fraction of sp³-hybridized carbons (Fsp3) is 0.312. The second kappa shape index (κ2) is 6.01. The molecule has 0 saturated carbocycles. The van der Waals surface area contributed by atoms with Crippen molar-refractivity contribution in [3.8, 4) is 11.6 Å². The van der Waals surface area contributed by atoms with Crippen molar-refractivity contribution >= 4 is 16.9 Å². The van der Waals surface area contributed by atoms with Crippen molar-refractivity contribution < 1.29 is 13.9 Å². The molecule has 6 nitrogen and oxygen atoms in total. The van der Waals surface area contributed by atoms with E-state index in [4.69, 9.17) is 9.15 Å². The van der Waals surface area contributed by atoms with Crippen molar-refractivity contribution in [2.75, 3.05) is 6.61 Å². The zero-order valence-corrected chi connectivity index (χ0v) is 12.6. The molecule has 0 aliphatic rings. The monoisotopic (exact) mass is 299 g/mol. The van der Waals surface area contributed by atoms with Crippen LogP contribution in [0, 0.1) is 0 Å². The van der Waals surface area contributed by atoms with Gasteiger partial charge in [0.25, 0.3) is 5.89 Å². The molecule has 0 saturated heterocycles. The molecular weight excluding hydrogens is 282 g/mol. The topological polar surface area (TPSA) is 70.2 Å². The summed E-state index contributed by atoms with van der Waals surface area (Å²) in [6.07, 6.45) is 0.672. The number of ether oxygens (including phenoxy) is 1. The smallest absolute Gasteiger partial charge is 0.325 e. The number of rotatable bonds is 5. The standard InChI is InChI=1S/C16H17N3O3/c1-3-14-17-18-16(22-14)13-9-11-7-5-6-8-12(11)19(13)10-15(20)21-4-2/h5-9H,3-4,10H2,1-2H3. The lowest BCUT2D eigenvalue weighted by atomic mass is 10.2.